The highest BCUT2D eigenvalue weighted by Crippen LogP contribution is 2.28. The van der Waals surface area contributed by atoms with Crippen molar-refractivity contribution in [2.24, 2.45) is 5.92 Å². The van der Waals surface area contributed by atoms with Crippen molar-refractivity contribution >= 4 is 0 Å². The minimum atomic E-state index is -0.224. The van der Waals surface area contributed by atoms with Crippen molar-refractivity contribution in [2.75, 3.05) is 33.9 Å². The van der Waals surface area contributed by atoms with Gasteiger partial charge < -0.3 is 19.9 Å². The molecule has 4 nitrogen and oxygen atoms in total. The first-order valence-electron chi connectivity index (χ1n) is 6.66. The van der Waals surface area contributed by atoms with Gasteiger partial charge in [-0.1, -0.05) is 25.7 Å². The monoisotopic (exact) mass is 245 g/mol. The van der Waals surface area contributed by atoms with Crippen molar-refractivity contribution in [1.29, 1.82) is 0 Å². The average molecular weight is 245 g/mol. The fourth-order valence-corrected chi connectivity index (χ4v) is 2.52. The van der Waals surface area contributed by atoms with Crippen LogP contribution in [0.4, 0.5) is 0 Å². The van der Waals surface area contributed by atoms with Gasteiger partial charge in [-0.05, 0) is 12.3 Å². The van der Waals surface area contributed by atoms with Crippen molar-refractivity contribution < 1.29 is 14.6 Å². The molecule has 0 aromatic rings. The molecule has 102 valence electrons. The van der Waals surface area contributed by atoms with Gasteiger partial charge in [0.2, 0.25) is 0 Å². The molecule has 1 saturated carbocycles. The van der Waals surface area contributed by atoms with Gasteiger partial charge in [0.25, 0.3) is 0 Å². The molecule has 1 aliphatic rings. The predicted molar refractivity (Wildman–Crippen MR) is 68.1 cm³/mol. The van der Waals surface area contributed by atoms with E-state index in [2.05, 4.69) is 5.32 Å². The highest BCUT2D eigenvalue weighted by atomic mass is 16.5. The summed E-state index contributed by atoms with van der Waals surface area (Å²) in [5.41, 5.74) is 0. The van der Waals surface area contributed by atoms with Crippen LogP contribution in [0.1, 0.15) is 32.1 Å². The van der Waals surface area contributed by atoms with Crippen LogP contribution in [-0.2, 0) is 9.47 Å². The van der Waals surface area contributed by atoms with E-state index in [1.807, 2.05) is 0 Å². The van der Waals surface area contributed by atoms with E-state index < -0.39 is 0 Å². The van der Waals surface area contributed by atoms with Gasteiger partial charge in [-0.2, -0.15) is 0 Å². The first-order chi connectivity index (χ1) is 8.26. The van der Waals surface area contributed by atoms with Crippen LogP contribution in [0.2, 0.25) is 0 Å². The topological polar surface area (TPSA) is 50.7 Å². The smallest absolute Gasteiger partial charge is 0.0928 e. The summed E-state index contributed by atoms with van der Waals surface area (Å²) in [5.74, 6) is 0.740. The Morgan fingerprint density at radius 1 is 1.24 bits per heavy atom. The summed E-state index contributed by atoms with van der Waals surface area (Å²) in [6, 6.07) is 0. The summed E-state index contributed by atoms with van der Waals surface area (Å²) in [4.78, 5) is 0. The van der Waals surface area contributed by atoms with Crippen molar-refractivity contribution in [3.05, 3.63) is 0 Å². The third kappa shape index (κ3) is 6.36. The normalized spacial score (nSPS) is 20.6. The van der Waals surface area contributed by atoms with Crippen LogP contribution in [-0.4, -0.2) is 51.2 Å². The van der Waals surface area contributed by atoms with Crippen LogP contribution in [0.5, 0.6) is 0 Å². The molecule has 2 atom stereocenters. The van der Waals surface area contributed by atoms with Gasteiger partial charge in [-0.15, -0.1) is 0 Å². The molecule has 0 saturated heterocycles. The van der Waals surface area contributed by atoms with E-state index in [-0.39, 0.29) is 12.2 Å². The van der Waals surface area contributed by atoms with Gasteiger partial charge in [0, 0.05) is 27.3 Å². The number of ether oxygens (including phenoxy) is 2. The van der Waals surface area contributed by atoms with E-state index in [1.165, 1.54) is 25.7 Å². The summed E-state index contributed by atoms with van der Waals surface area (Å²) < 4.78 is 10.3. The van der Waals surface area contributed by atoms with Gasteiger partial charge in [0.05, 0.1) is 18.8 Å². The molecule has 0 heterocycles. The lowest BCUT2D eigenvalue weighted by Crippen LogP contribution is -2.36. The fourth-order valence-electron chi connectivity index (χ4n) is 2.52. The largest absolute Gasteiger partial charge is 0.392 e. The lowest BCUT2D eigenvalue weighted by Gasteiger charge is -2.18. The summed E-state index contributed by atoms with van der Waals surface area (Å²) in [5, 5.41) is 13.1. The van der Waals surface area contributed by atoms with E-state index in [0.29, 0.717) is 13.2 Å². The Kier molecular flexibility index (Phi) is 7.77. The van der Waals surface area contributed by atoms with E-state index >= 15 is 0 Å². The number of hydrogen-bond acceptors (Lipinski definition) is 4. The zero-order chi connectivity index (χ0) is 12.5. The van der Waals surface area contributed by atoms with Gasteiger partial charge in [-0.3, -0.25) is 0 Å². The molecule has 0 bridgehead atoms. The maximum atomic E-state index is 9.89. The quantitative estimate of drug-likeness (QED) is 0.640. The van der Waals surface area contributed by atoms with E-state index in [4.69, 9.17) is 9.47 Å². The average Bonchev–Trinajstić information content (AvgIpc) is 2.80. The molecule has 1 fully saturated rings. The van der Waals surface area contributed by atoms with Gasteiger partial charge in [-0.25, -0.2) is 0 Å². The number of nitrogens with one attached hydrogen (secondary N) is 1. The second kappa shape index (κ2) is 8.86. The minimum absolute atomic E-state index is 0.0682. The SMILES string of the molecule is COCC(CNCC(O)CC1CCCC1)OC. The zero-order valence-electron chi connectivity index (χ0n) is 11.2. The van der Waals surface area contributed by atoms with Crippen LogP contribution in [0.15, 0.2) is 0 Å². The Balaban J connectivity index is 2.03. The predicted octanol–water partition coefficient (Wildman–Crippen LogP) is 1.18. The summed E-state index contributed by atoms with van der Waals surface area (Å²) in [7, 11) is 3.35. The Labute approximate surface area is 105 Å². The molecule has 1 aliphatic carbocycles. The molecule has 4 heteroatoms. The lowest BCUT2D eigenvalue weighted by atomic mass is 10.00. The van der Waals surface area contributed by atoms with Crippen molar-refractivity contribution in [3.8, 4) is 0 Å². The standard InChI is InChI=1S/C13H27NO3/c1-16-10-13(17-2)9-14-8-12(15)7-11-5-3-4-6-11/h11-15H,3-10H2,1-2H3. The number of rotatable bonds is 9. The Morgan fingerprint density at radius 2 is 1.94 bits per heavy atom. The van der Waals surface area contributed by atoms with E-state index in [9.17, 15) is 5.11 Å². The molecule has 1 rings (SSSR count). The van der Waals surface area contributed by atoms with E-state index in [0.717, 1.165) is 18.9 Å². The van der Waals surface area contributed by atoms with Crippen LogP contribution in [0.25, 0.3) is 0 Å². The summed E-state index contributed by atoms with van der Waals surface area (Å²) >= 11 is 0. The highest BCUT2D eigenvalue weighted by Gasteiger charge is 2.18. The molecule has 0 aromatic carbocycles. The minimum Gasteiger partial charge on any atom is -0.392 e. The van der Waals surface area contributed by atoms with Crippen LogP contribution < -0.4 is 5.32 Å². The molecule has 0 spiro atoms. The molecular formula is C13H27NO3. The summed E-state index contributed by atoms with van der Waals surface area (Å²) in [6.07, 6.45) is 6.05. The molecule has 17 heavy (non-hydrogen) atoms. The Morgan fingerprint density at radius 3 is 2.53 bits per heavy atom. The zero-order valence-corrected chi connectivity index (χ0v) is 11.2. The van der Waals surface area contributed by atoms with Crippen LogP contribution in [0, 0.1) is 5.92 Å². The number of hydrogen-bond donors (Lipinski definition) is 2. The van der Waals surface area contributed by atoms with Crippen molar-refractivity contribution in [1.82, 2.24) is 5.32 Å². The molecule has 0 amide bonds. The second-order valence-corrected chi connectivity index (χ2v) is 5.01. The lowest BCUT2D eigenvalue weighted by molar-refractivity contribution is 0.0265. The highest BCUT2D eigenvalue weighted by molar-refractivity contribution is 4.73. The maximum absolute atomic E-state index is 9.89. The van der Waals surface area contributed by atoms with E-state index in [1.54, 1.807) is 14.2 Å². The molecular weight excluding hydrogens is 218 g/mol. The fraction of sp³-hybridized carbons (Fsp3) is 1.00. The van der Waals surface area contributed by atoms with Gasteiger partial charge >= 0.3 is 0 Å². The van der Waals surface area contributed by atoms with Gasteiger partial charge in [0.1, 0.15) is 0 Å². The molecule has 2 unspecified atom stereocenters. The van der Waals surface area contributed by atoms with Crippen molar-refractivity contribution in [3.63, 3.8) is 0 Å². The Bertz CT molecular complexity index is 184. The van der Waals surface area contributed by atoms with Crippen molar-refractivity contribution in [2.45, 2.75) is 44.3 Å². The number of aliphatic hydroxyl groups is 1. The number of aliphatic hydroxyl groups excluding tert-OH is 1. The third-order valence-corrected chi connectivity index (χ3v) is 3.52. The summed E-state index contributed by atoms with van der Waals surface area (Å²) in [6.45, 7) is 1.97. The van der Waals surface area contributed by atoms with Gasteiger partial charge in [0.15, 0.2) is 0 Å². The third-order valence-electron chi connectivity index (χ3n) is 3.52. The molecule has 0 radical (unpaired) electrons. The van der Waals surface area contributed by atoms with Crippen LogP contribution >= 0.6 is 0 Å². The number of methoxy groups -OCH3 is 2. The first-order valence-corrected chi connectivity index (χ1v) is 6.66. The van der Waals surface area contributed by atoms with Crippen LogP contribution in [0.3, 0.4) is 0 Å². The first kappa shape index (κ1) is 14.9. The maximum Gasteiger partial charge on any atom is 0.0928 e. The molecule has 0 aromatic heterocycles. The molecule has 2 N–H and O–H groups in total. The Hall–Kier alpha value is -0.160. The second-order valence-electron chi connectivity index (χ2n) is 5.01. The molecule has 0 aliphatic heterocycles.